The maximum Gasteiger partial charge on any atom is 0.130 e. The van der Waals surface area contributed by atoms with Gasteiger partial charge in [-0.2, -0.15) is 0 Å². The highest BCUT2D eigenvalue weighted by molar-refractivity contribution is 5.21. The summed E-state index contributed by atoms with van der Waals surface area (Å²) in [6.07, 6.45) is 3.52. The Hall–Kier alpha value is -1.00. The van der Waals surface area contributed by atoms with Crippen molar-refractivity contribution in [2.45, 2.75) is 38.3 Å². The van der Waals surface area contributed by atoms with Crippen LogP contribution in [0.15, 0.2) is 18.2 Å². The molecule has 1 aliphatic rings. The number of hydrogen-bond acceptors (Lipinski definition) is 2. The average Bonchev–Trinajstić information content (AvgIpc) is 2.81. The van der Waals surface area contributed by atoms with Crippen molar-refractivity contribution in [2.24, 2.45) is 0 Å². The van der Waals surface area contributed by atoms with Crippen LogP contribution in [-0.2, 0) is 4.74 Å². The molecule has 18 heavy (non-hydrogen) atoms. The van der Waals surface area contributed by atoms with Gasteiger partial charge in [-0.15, -0.1) is 0 Å². The number of benzene rings is 1. The molecule has 1 N–H and O–H groups in total. The Balaban J connectivity index is 1.81. The van der Waals surface area contributed by atoms with E-state index in [0.717, 1.165) is 38.5 Å². The molecular formula is C14H19F2NO. The average molecular weight is 255 g/mol. The first-order valence-corrected chi connectivity index (χ1v) is 6.47. The molecule has 0 aromatic heterocycles. The molecule has 0 spiro atoms. The molecule has 2 rings (SSSR count). The van der Waals surface area contributed by atoms with Gasteiger partial charge < -0.3 is 10.1 Å². The molecule has 0 radical (unpaired) electrons. The summed E-state index contributed by atoms with van der Waals surface area (Å²) in [6.45, 7) is 3.52. The highest BCUT2D eigenvalue weighted by atomic mass is 19.1. The van der Waals surface area contributed by atoms with Gasteiger partial charge in [-0.25, -0.2) is 8.78 Å². The molecule has 0 bridgehead atoms. The van der Waals surface area contributed by atoms with Crippen LogP contribution in [0.25, 0.3) is 0 Å². The zero-order chi connectivity index (χ0) is 13.0. The van der Waals surface area contributed by atoms with Crippen LogP contribution < -0.4 is 5.32 Å². The zero-order valence-corrected chi connectivity index (χ0v) is 10.6. The van der Waals surface area contributed by atoms with Crippen molar-refractivity contribution in [3.8, 4) is 0 Å². The van der Waals surface area contributed by atoms with Crippen LogP contribution in [0.2, 0.25) is 0 Å². The second-order valence-electron chi connectivity index (χ2n) is 4.77. The van der Waals surface area contributed by atoms with Gasteiger partial charge in [0.05, 0.1) is 6.10 Å². The van der Waals surface area contributed by atoms with Crippen LogP contribution in [0, 0.1) is 11.6 Å². The van der Waals surface area contributed by atoms with Crippen molar-refractivity contribution in [1.82, 2.24) is 5.32 Å². The minimum atomic E-state index is -0.539. The van der Waals surface area contributed by atoms with E-state index < -0.39 is 11.6 Å². The van der Waals surface area contributed by atoms with Gasteiger partial charge in [0, 0.05) is 24.3 Å². The fraction of sp³-hybridized carbons (Fsp3) is 0.571. The maximum atomic E-state index is 13.5. The van der Waals surface area contributed by atoms with E-state index >= 15 is 0 Å². The monoisotopic (exact) mass is 255 g/mol. The lowest BCUT2D eigenvalue weighted by atomic mass is 10.1. The lowest BCUT2D eigenvalue weighted by Gasteiger charge is -2.16. The fourth-order valence-electron chi connectivity index (χ4n) is 2.30. The summed E-state index contributed by atoms with van der Waals surface area (Å²) in [5.41, 5.74) is 0.503. The largest absolute Gasteiger partial charge is 0.378 e. The number of halogens is 2. The summed E-state index contributed by atoms with van der Waals surface area (Å²) in [7, 11) is 0. The highest BCUT2D eigenvalue weighted by Crippen LogP contribution is 2.19. The third-order valence-electron chi connectivity index (χ3n) is 3.37. The molecule has 0 amide bonds. The quantitative estimate of drug-likeness (QED) is 0.872. The van der Waals surface area contributed by atoms with E-state index in [0.29, 0.717) is 11.7 Å². The summed E-state index contributed by atoms with van der Waals surface area (Å²) < 4.78 is 31.8. The molecule has 0 aliphatic carbocycles. The van der Waals surface area contributed by atoms with Crippen LogP contribution in [0.4, 0.5) is 8.78 Å². The number of hydrogen-bond donors (Lipinski definition) is 1. The van der Waals surface area contributed by atoms with Crippen LogP contribution in [0.1, 0.15) is 37.8 Å². The first-order valence-electron chi connectivity index (χ1n) is 6.47. The lowest BCUT2D eigenvalue weighted by molar-refractivity contribution is 0.103. The third-order valence-corrected chi connectivity index (χ3v) is 3.37. The van der Waals surface area contributed by atoms with Gasteiger partial charge in [0.2, 0.25) is 0 Å². The van der Waals surface area contributed by atoms with E-state index in [9.17, 15) is 8.78 Å². The summed E-state index contributed by atoms with van der Waals surface area (Å²) in [4.78, 5) is 0. The predicted molar refractivity (Wildman–Crippen MR) is 66.4 cm³/mol. The van der Waals surface area contributed by atoms with Crippen LogP contribution in [-0.4, -0.2) is 19.3 Å². The van der Waals surface area contributed by atoms with E-state index in [2.05, 4.69) is 5.32 Å². The lowest BCUT2D eigenvalue weighted by Crippen LogP contribution is -2.24. The van der Waals surface area contributed by atoms with Crippen molar-refractivity contribution in [3.63, 3.8) is 0 Å². The second-order valence-corrected chi connectivity index (χ2v) is 4.77. The Morgan fingerprint density at radius 3 is 2.94 bits per heavy atom. The molecule has 1 heterocycles. The standard InChI is InChI=1S/C14H19F2NO/c1-10(13-5-4-11(15)9-14(13)16)17-7-6-12-3-2-8-18-12/h4-5,9-10,12,17H,2-3,6-8H2,1H3. The van der Waals surface area contributed by atoms with Crippen molar-refractivity contribution in [3.05, 3.63) is 35.4 Å². The molecule has 1 fully saturated rings. The van der Waals surface area contributed by atoms with Crippen LogP contribution in [0.3, 0.4) is 0 Å². The SMILES string of the molecule is CC(NCCC1CCCO1)c1ccc(F)cc1F. The van der Waals surface area contributed by atoms with Crippen LogP contribution in [0.5, 0.6) is 0 Å². The molecule has 2 atom stereocenters. The molecule has 1 aromatic carbocycles. The van der Waals surface area contributed by atoms with Gasteiger partial charge >= 0.3 is 0 Å². The van der Waals surface area contributed by atoms with E-state index in [1.165, 1.54) is 12.1 Å². The minimum Gasteiger partial charge on any atom is -0.378 e. The molecule has 4 heteroatoms. The molecule has 2 nitrogen and oxygen atoms in total. The summed E-state index contributed by atoms with van der Waals surface area (Å²) >= 11 is 0. The Bertz CT molecular complexity index is 391. The van der Waals surface area contributed by atoms with Crippen molar-refractivity contribution < 1.29 is 13.5 Å². The Morgan fingerprint density at radius 2 is 2.28 bits per heavy atom. The van der Waals surface area contributed by atoms with Crippen molar-refractivity contribution in [1.29, 1.82) is 0 Å². The third kappa shape index (κ3) is 3.50. The molecule has 1 saturated heterocycles. The Morgan fingerprint density at radius 1 is 1.44 bits per heavy atom. The summed E-state index contributed by atoms with van der Waals surface area (Å²) in [6, 6.07) is 3.59. The number of ether oxygens (including phenoxy) is 1. The van der Waals surface area contributed by atoms with Crippen molar-refractivity contribution >= 4 is 0 Å². The van der Waals surface area contributed by atoms with E-state index in [-0.39, 0.29) is 6.04 Å². The van der Waals surface area contributed by atoms with Gasteiger partial charge in [0.1, 0.15) is 11.6 Å². The molecular weight excluding hydrogens is 236 g/mol. The molecule has 0 saturated carbocycles. The number of rotatable bonds is 5. The normalized spacial score (nSPS) is 21.2. The van der Waals surface area contributed by atoms with E-state index in [1.807, 2.05) is 6.92 Å². The minimum absolute atomic E-state index is 0.119. The maximum absolute atomic E-state index is 13.5. The van der Waals surface area contributed by atoms with Crippen LogP contribution >= 0.6 is 0 Å². The zero-order valence-electron chi connectivity index (χ0n) is 10.6. The number of nitrogens with one attached hydrogen (secondary N) is 1. The molecule has 1 aliphatic heterocycles. The summed E-state index contributed by atoms with van der Waals surface area (Å²) in [5, 5.41) is 3.24. The molecule has 1 aromatic rings. The Labute approximate surface area is 106 Å². The van der Waals surface area contributed by atoms with Crippen molar-refractivity contribution in [2.75, 3.05) is 13.2 Å². The van der Waals surface area contributed by atoms with E-state index in [4.69, 9.17) is 4.74 Å². The van der Waals surface area contributed by atoms with Gasteiger partial charge in [-0.05, 0) is 38.8 Å². The van der Waals surface area contributed by atoms with Gasteiger partial charge in [0.15, 0.2) is 0 Å². The predicted octanol–water partition coefficient (Wildman–Crippen LogP) is 3.18. The molecule has 100 valence electrons. The first kappa shape index (κ1) is 13.4. The van der Waals surface area contributed by atoms with Gasteiger partial charge in [0.25, 0.3) is 0 Å². The summed E-state index contributed by atoms with van der Waals surface area (Å²) in [5.74, 6) is -1.03. The van der Waals surface area contributed by atoms with Gasteiger partial charge in [-0.3, -0.25) is 0 Å². The fourth-order valence-corrected chi connectivity index (χ4v) is 2.30. The first-order chi connectivity index (χ1) is 8.66. The second kappa shape index (κ2) is 6.25. The van der Waals surface area contributed by atoms with Gasteiger partial charge in [-0.1, -0.05) is 6.07 Å². The topological polar surface area (TPSA) is 21.3 Å². The molecule has 2 unspecified atom stereocenters. The smallest absolute Gasteiger partial charge is 0.130 e. The van der Waals surface area contributed by atoms with E-state index in [1.54, 1.807) is 0 Å². The Kier molecular flexibility index (Phi) is 4.66. The highest BCUT2D eigenvalue weighted by Gasteiger charge is 2.16.